The number of benzene rings is 1. The highest BCUT2D eigenvalue weighted by Crippen LogP contribution is 2.37. The van der Waals surface area contributed by atoms with Crippen LogP contribution in [0, 0.1) is 17.5 Å². The van der Waals surface area contributed by atoms with Gasteiger partial charge in [0.2, 0.25) is 0 Å². The van der Waals surface area contributed by atoms with Gasteiger partial charge < -0.3 is 29.2 Å². The SMILES string of the molecule is Cn1cc(N(S(=O)[O-])C2(CO)CCN(C(=O)OC(C)(C)C)C2)c(F)c1C(=O)Nc1ccc(F)c(F)c1. The van der Waals surface area contributed by atoms with Gasteiger partial charge in [0.15, 0.2) is 17.5 Å². The normalized spacial score (nSPS) is 18.8. The van der Waals surface area contributed by atoms with Crippen molar-refractivity contribution in [2.45, 2.75) is 38.3 Å². The third-order valence-electron chi connectivity index (χ3n) is 5.57. The van der Waals surface area contributed by atoms with Crippen molar-refractivity contribution in [2.24, 2.45) is 7.05 Å². The summed E-state index contributed by atoms with van der Waals surface area (Å²) in [7, 11) is 1.28. The summed E-state index contributed by atoms with van der Waals surface area (Å²) < 4.78 is 73.7. The predicted molar refractivity (Wildman–Crippen MR) is 123 cm³/mol. The Hall–Kier alpha value is -3.10. The molecule has 1 aromatic carbocycles. The van der Waals surface area contributed by atoms with Gasteiger partial charge in [0, 0.05) is 42.8 Å². The van der Waals surface area contributed by atoms with Crippen LogP contribution in [0.4, 0.5) is 29.3 Å². The molecular formula is C22H26F3N4O6S-. The summed E-state index contributed by atoms with van der Waals surface area (Å²) in [6.45, 7) is 3.95. The fraction of sp³-hybridized carbons (Fsp3) is 0.455. The number of amides is 2. The smallest absolute Gasteiger partial charge is 0.410 e. The van der Waals surface area contributed by atoms with Crippen LogP contribution in [0.5, 0.6) is 0 Å². The van der Waals surface area contributed by atoms with E-state index < -0.39 is 69.8 Å². The fourth-order valence-electron chi connectivity index (χ4n) is 3.94. The molecule has 0 aliphatic carbocycles. The minimum absolute atomic E-state index is 0.0289. The van der Waals surface area contributed by atoms with E-state index in [2.05, 4.69) is 5.32 Å². The summed E-state index contributed by atoms with van der Waals surface area (Å²) in [4.78, 5) is 26.4. The van der Waals surface area contributed by atoms with Crippen molar-refractivity contribution in [3.8, 4) is 0 Å². The average molecular weight is 532 g/mol. The van der Waals surface area contributed by atoms with Gasteiger partial charge in [-0.15, -0.1) is 0 Å². The van der Waals surface area contributed by atoms with E-state index in [0.29, 0.717) is 10.4 Å². The van der Waals surface area contributed by atoms with Crippen LogP contribution in [-0.2, 0) is 23.1 Å². The zero-order valence-electron chi connectivity index (χ0n) is 20.0. The third-order valence-corrected chi connectivity index (χ3v) is 6.45. The summed E-state index contributed by atoms with van der Waals surface area (Å²) in [5, 5.41) is 12.4. The second kappa shape index (κ2) is 10.1. The van der Waals surface area contributed by atoms with Gasteiger partial charge in [-0.2, -0.15) is 0 Å². The first-order valence-corrected chi connectivity index (χ1v) is 11.8. The van der Waals surface area contributed by atoms with Gasteiger partial charge in [0.05, 0.1) is 18.7 Å². The van der Waals surface area contributed by atoms with Crippen LogP contribution in [0.15, 0.2) is 24.4 Å². The van der Waals surface area contributed by atoms with Crippen LogP contribution in [0.1, 0.15) is 37.7 Å². The van der Waals surface area contributed by atoms with Gasteiger partial charge in [0.25, 0.3) is 5.91 Å². The molecule has 2 N–H and O–H groups in total. The number of hydrogen-bond acceptors (Lipinski definition) is 6. The van der Waals surface area contributed by atoms with E-state index in [1.54, 1.807) is 20.8 Å². The van der Waals surface area contributed by atoms with Crippen molar-refractivity contribution >= 4 is 34.6 Å². The molecule has 10 nitrogen and oxygen atoms in total. The third kappa shape index (κ3) is 5.50. The van der Waals surface area contributed by atoms with E-state index in [1.165, 1.54) is 11.9 Å². The number of hydrogen-bond donors (Lipinski definition) is 2. The Balaban J connectivity index is 1.93. The van der Waals surface area contributed by atoms with Crippen LogP contribution in [0.25, 0.3) is 0 Å². The summed E-state index contributed by atoms with van der Waals surface area (Å²) in [5.74, 6) is -4.65. The van der Waals surface area contributed by atoms with Gasteiger partial charge >= 0.3 is 6.09 Å². The Morgan fingerprint density at radius 1 is 1.28 bits per heavy atom. The molecule has 2 atom stereocenters. The molecule has 0 spiro atoms. The topological polar surface area (TPSA) is 127 Å². The number of likely N-dealkylation sites (tertiary alicyclic amines) is 1. The lowest BCUT2D eigenvalue weighted by Gasteiger charge is -2.41. The zero-order valence-corrected chi connectivity index (χ0v) is 20.8. The van der Waals surface area contributed by atoms with Crippen molar-refractivity contribution in [1.82, 2.24) is 9.47 Å². The number of anilines is 2. The number of aryl methyl sites for hydroxylation is 1. The predicted octanol–water partition coefficient (Wildman–Crippen LogP) is 2.67. The first kappa shape index (κ1) is 27.5. The Bertz CT molecular complexity index is 1200. The second-order valence-electron chi connectivity index (χ2n) is 9.42. The van der Waals surface area contributed by atoms with Crippen molar-refractivity contribution in [3.05, 3.63) is 47.5 Å². The van der Waals surface area contributed by atoms with Gasteiger partial charge in [-0.05, 0) is 39.3 Å². The maximum absolute atomic E-state index is 15.5. The Kier molecular flexibility index (Phi) is 7.72. The van der Waals surface area contributed by atoms with Crippen LogP contribution >= 0.6 is 0 Å². The number of rotatable bonds is 6. The highest BCUT2D eigenvalue weighted by atomic mass is 32.2. The Labute approximate surface area is 208 Å². The molecule has 1 saturated heterocycles. The van der Waals surface area contributed by atoms with Crippen molar-refractivity contribution < 1.29 is 41.4 Å². The largest absolute Gasteiger partial charge is 0.755 e. The standard InChI is InChI=1S/C22H27F3N4O6S/c1-21(2,3)35-20(32)28-8-7-22(11-28,12-30)29(36(33)34)16-10-27(4)18(17(16)25)19(31)26-13-5-6-14(23)15(24)9-13/h5-6,9-10,30H,7-8,11-12H2,1-4H3,(H,26,31)(H,33,34)/p-1. The molecule has 36 heavy (non-hydrogen) atoms. The molecule has 3 rings (SSSR count). The number of carbonyl (C=O) groups excluding carboxylic acids is 2. The molecular weight excluding hydrogens is 505 g/mol. The monoisotopic (exact) mass is 531 g/mol. The number of nitrogens with zero attached hydrogens (tertiary/aromatic N) is 3. The molecule has 1 aliphatic heterocycles. The van der Waals surface area contributed by atoms with Crippen LogP contribution in [0.2, 0.25) is 0 Å². The van der Waals surface area contributed by atoms with Crippen LogP contribution in [-0.4, -0.2) is 66.2 Å². The molecule has 2 amide bonds. The number of halogens is 3. The highest BCUT2D eigenvalue weighted by Gasteiger charge is 2.47. The molecule has 2 unspecified atom stereocenters. The number of carbonyl (C=O) groups is 2. The summed E-state index contributed by atoms with van der Waals surface area (Å²) in [5.41, 5.74) is -3.73. The molecule has 1 aliphatic rings. The summed E-state index contributed by atoms with van der Waals surface area (Å²) in [6, 6.07) is 2.56. The van der Waals surface area contributed by atoms with E-state index in [4.69, 9.17) is 4.74 Å². The molecule has 2 heterocycles. The number of nitrogens with one attached hydrogen (secondary N) is 1. The maximum Gasteiger partial charge on any atom is 0.410 e. The van der Waals surface area contributed by atoms with Crippen molar-refractivity contribution in [1.29, 1.82) is 0 Å². The number of aliphatic hydroxyl groups is 1. The van der Waals surface area contributed by atoms with E-state index in [0.717, 1.165) is 22.9 Å². The molecule has 1 aromatic heterocycles. The van der Waals surface area contributed by atoms with Crippen molar-refractivity contribution in [2.75, 3.05) is 29.3 Å². The highest BCUT2D eigenvalue weighted by molar-refractivity contribution is 7.80. The van der Waals surface area contributed by atoms with Crippen LogP contribution < -0.4 is 9.62 Å². The molecule has 198 valence electrons. The second-order valence-corrected chi connectivity index (χ2v) is 10.2. The quantitative estimate of drug-likeness (QED) is 0.552. The van der Waals surface area contributed by atoms with Crippen LogP contribution in [0.3, 0.4) is 0 Å². The minimum atomic E-state index is -3.12. The van der Waals surface area contributed by atoms with E-state index in [9.17, 15) is 32.2 Å². The first-order valence-electron chi connectivity index (χ1n) is 10.8. The maximum atomic E-state index is 15.5. The van der Waals surface area contributed by atoms with E-state index in [1.807, 2.05) is 0 Å². The molecule has 0 radical (unpaired) electrons. The van der Waals surface area contributed by atoms with E-state index in [-0.39, 0.29) is 25.2 Å². The van der Waals surface area contributed by atoms with Gasteiger partial charge in [-0.25, -0.2) is 18.0 Å². The molecule has 0 saturated carbocycles. The van der Waals surface area contributed by atoms with E-state index >= 15 is 4.39 Å². The Morgan fingerprint density at radius 2 is 1.94 bits per heavy atom. The zero-order chi connectivity index (χ0) is 27.0. The molecule has 1 fully saturated rings. The van der Waals surface area contributed by atoms with Gasteiger partial charge in [0.1, 0.15) is 17.0 Å². The Morgan fingerprint density at radius 3 is 2.50 bits per heavy atom. The molecule has 14 heteroatoms. The number of ether oxygens (including phenoxy) is 1. The average Bonchev–Trinajstić information content (AvgIpc) is 3.31. The fourth-order valence-corrected chi connectivity index (χ4v) is 4.75. The lowest BCUT2D eigenvalue weighted by molar-refractivity contribution is 0.0278. The van der Waals surface area contributed by atoms with Gasteiger partial charge in [-0.3, -0.25) is 13.3 Å². The lowest BCUT2D eigenvalue weighted by Crippen LogP contribution is -2.55. The minimum Gasteiger partial charge on any atom is -0.755 e. The molecule has 2 aromatic rings. The first-order chi connectivity index (χ1) is 16.7. The van der Waals surface area contributed by atoms with Crippen molar-refractivity contribution in [3.63, 3.8) is 0 Å². The summed E-state index contributed by atoms with van der Waals surface area (Å²) >= 11 is -3.12. The van der Waals surface area contributed by atoms with Gasteiger partial charge in [-0.1, -0.05) is 0 Å². The number of aromatic nitrogens is 1. The number of aliphatic hydroxyl groups excluding tert-OH is 1. The lowest BCUT2D eigenvalue weighted by atomic mass is 9.99. The molecule has 0 bridgehead atoms. The summed E-state index contributed by atoms with van der Waals surface area (Å²) in [6.07, 6.45) is 0.273.